The summed E-state index contributed by atoms with van der Waals surface area (Å²) in [6.45, 7) is 7.52. The van der Waals surface area contributed by atoms with E-state index in [-0.39, 0.29) is 121 Å². The van der Waals surface area contributed by atoms with Gasteiger partial charge >= 0.3 is 12.1 Å². The second-order valence-electron chi connectivity index (χ2n) is 21.0. The van der Waals surface area contributed by atoms with E-state index in [0.29, 0.717) is 102 Å². The quantitative estimate of drug-likeness (QED) is 0.0179. The molecule has 4 aromatic rings. The largest absolute Gasteiger partial charge is 0.458 e. The summed E-state index contributed by atoms with van der Waals surface area (Å²) in [4.78, 5) is 121. The van der Waals surface area contributed by atoms with Crippen molar-refractivity contribution in [2.75, 3.05) is 84.6 Å². The molecule has 3 atom stereocenters. The Kier molecular flexibility index (Phi) is 22.3. The van der Waals surface area contributed by atoms with Gasteiger partial charge < -0.3 is 79.9 Å². The zero-order chi connectivity index (χ0) is 61.3. The summed E-state index contributed by atoms with van der Waals surface area (Å²) in [6.07, 6.45) is 2.98. The molecule has 27 nitrogen and oxygen atoms in total. The summed E-state index contributed by atoms with van der Waals surface area (Å²) in [7, 11) is 0. The smallest absolute Gasteiger partial charge is 0.407 e. The van der Waals surface area contributed by atoms with Crippen LogP contribution in [0.4, 0.5) is 10.5 Å². The van der Waals surface area contributed by atoms with Gasteiger partial charge in [-0.3, -0.25) is 38.5 Å². The van der Waals surface area contributed by atoms with Crippen LogP contribution in [0.1, 0.15) is 87.1 Å². The van der Waals surface area contributed by atoms with E-state index in [0.717, 1.165) is 4.90 Å². The fourth-order valence-corrected chi connectivity index (χ4v) is 9.97. The Morgan fingerprint density at radius 1 is 0.779 bits per heavy atom. The number of pyridine rings is 2. The highest BCUT2D eigenvalue weighted by Crippen LogP contribution is 2.43. The number of fused-ring (bicyclic) bond motifs is 6. The molecule has 7 amide bonds. The van der Waals surface area contributed by atoms with Crippen molar-refractivity contribution < 1.29 is 81.4 Å². The minimum Gasteiger partial charge on any atom is -0.458 e. The molecule has 0 spiro atoms. The lowest BCUT2D eigenvalue weighted by molar-refractivity contribution is -0.172. The van der Waals surface area contributed by atoms with Gasteiger partial charge in [-0.1, -0.05) is 32.9 Å². The van der Waals surface area contributed by atoms with E-state index < -0.39 is 64.8 Å². The van der Waals surface area contributed by atoms with E-state index in [1.807, 2.05) is 0 Å². The predicted octanol–water partition coefficient (Wildman–Crippen LogP) is 1.82. The molecule has 2 aromatic heterocycles. The van der Waals surface area contributed by atoms with Gasteiger partial charge in [0.25, 0.3) is 17.4 Å². The molecular weight excluding hydrogens is 1120 g/mol. The van der Waals surface area contributed by atoms with Gasteiger partial charge in [0.2, 0.25) is 30.4 Å². The molecule has 0 radical (unpaired) electrons. The molecule has 4 aliphatic heterocycles. The van der Waals surface area contributed by atoms with Crippen molar-refractivity contribution in [3.63, 3.8) is 0 Å². The highest BCUT2D eigenvalue weighted by molar-refractivity contribution is 6.13. The number of aromatic nitrogens is 2. The number of unbranched alkanes of at least 4 members (excludes halogenated alkanes) is 1. The number of benzene rings is 2. The third-order valence-electron chi connectivity index (χ3n) is 14.8. The first-order valence-corrected chi connectivity index (χ1v) is 28.6. The number of hydrogen-bond donors (Lipinski definition) is 7. The monoisotopic (exact) mass is 1200 g/mol. The van der Waals surface area contributed by atoms with Crippen LogP contribution in [-0.4, -0.2) is 158 Å². The third-order valence-corrected chi connectivity index (χ3v) is 14.8. The summed E-state index contributed by atoms with van der Waals surface area (Å²) >= 11 is 0. The fraction of sp³-hybridized carbons (Fsp3) is 0.492. The molecule has 0 unspecified atom stereocenters. The molecule has 27 heteroatoms. The molecule has 8 rings (SSSR count). The molecule has 4 aliphatic rings. The molecule has 8 N–H and O–H groups in total. The summed E-state index contributed by atoms with van der Waals surface area (Å²) in [5, 5.41) is 25.9. The van der Waals surface area contributed by atoms with Gasteiger partial charge in [0.05, 0.1) is 81.9 Å². The Morgan fingerprint density at radius 3 is 2.13 bits per heavy atom. The number of anilines is 1. The van der Waals surface area contributed by atoms with Crippen LogP contribution in [-0.2, 0) is 93.9 Å². The lowest BCUT2D eigenvalue weighted by Gasteiger charge is -2.31. The molecule has 86 heavy (non-hydrogen) atoms. The number of nitrogens with two attached hydrogens (primary N) is 1. The maximum atomic E-state index is 13.9. The molecule has 0 saturated carbocycles. The van der Waals surface area contributed by atoms with Crippen LogP contribution < -0.4 is 47.4 Å². The number of imide groups is 1. The predicted molar refractivity (Wildman–Crippen MR) is 306 cm³/mol. The van der Waals surface area contributed by atoms with Crippen molar-refractivity contribution in [2.45, 2.75) is 103 Å². The second kappa shape index (κ2) is 30.1. The van der Waals surface area contributed by atoms with Crippen molar-refractivity contribution in [1.29, 1.82) is 0 Å². The molecule has 0 bridgehead atoms. The molecule has 2 aromatic carbocycles. The summed E-state index contributed by atoms with van der Waals surface area (Å²) in [6, 6.07) is 9.79. The summed E-state index contributed by atoms with van der Waals surface area (Å²) < 4.78 is 45.6. The first-order valence-electron chi connectivity index (χ1n) is 28.6. The van der Waals surface area contributed by atoms with Gasteiger partial charge in [-0.25, -0.2) is 14.6 Å². The molecule has 462 valence electrons. The zero-order valence-corrected chi connectivity index (χ0v) is 48.3. The number of alkyl carbamates (subject to hydrolysis) is 1. The number of carbonyl (C=O) groups is 8. The Morgan fingerprint density at radius 2 is 1.45 bits per heavy atom. The Labute approximate surface area is 494 Å². The van der Waals surface area contributed by atoms with Crippen molar-refractivity contribution >= 4 is 64.1 Å². The van der Waals surface area contributed by atoms with Crippen LogP contribution in [0.25, 0.3) is 22.3 Å². The maximum Gasteiger partial charge on any atom is 0.407 e. The molecule has 0 aliphatic carbocycles. The highest BCUT2D eigenvalue weighted by Gasteiger charge is 2.46. The van der Waals surface area contributed by atoms with Crippen molar-refractivity contribution in [2.24, 2.45) is 11.7 Å². The summed E-state index contributed by atoms with van der Waals surface area (Å²) in [5.74, 6) is -2.81. The van der Waals surface area contributed by atoms with Crippen LogP contribution in [0.2, 0.25) is 0 Å². The topological polar surface area (TPSA) is 355 Å². The molecule has 0 saturated heterocycles. The minimum atomic E-state index is -2.01. The number of hydrogen-bond acceptors (Lipinski definition) is 20. The van der Waals surface area contributed by atoms with E-state index in [1.165, 1.54) is 16.7 Å². The molecule has 0 fully saturated rings. The number of aliphatic hydroxyl groups is 1. The average molecular weight is 1200 g/mol. The van der Waals surface area contributed by atoms with Crippen LogP contribution in [0.3, 0.4) is 0 Å². The third kappa shape index (κ3) is 15.9. The number of rotatable bonds is 33. The zero-order valence-electron chi connectivity index (χ0n) is 48.3. The maximum absolute atomic E-state index is 13.9. The number of ether oxygens (including phenoxy) is 8. The van der Waals surface area contributed by atoms with E-state index in [2.05, 4.69) is 26.6 Å². The standard InChI is InChI=1S/C59H73N9O18/c1-4-59(78)42-28-45-53-40(31-68(45)56(75)41(42)33-83-57(59)76)39(38-27-46-47(86-34-85-46)29-44(38)64-53)30-62-58(77)84-32-36-8-10-37(11-9-36)63-54(73)43(7-5-6-16-60)65-55(74)52(35(2)3)66-49(70)15-19-79-21-23-81-25-26-82-24-22-80-20-17-61-48(69)14-18-67-50(71)12-13-51(67)72/h8-13,27-29,35,43,52,78H,4-7,14-26,30-34,60H2,1-3H3,(H,61,69)(H,62,77)(H,63,73)(H,65,74)(H,66,70)/t43-,52-,59-/m0/s1. The Bertz CT molecular complexity index is 3240. The van der Waals surface area contributed by atoms with Crippen LogP contribution in [0.5, 0.6) is 11.5 Å². The number of cyclic esters (lactones) is 1. The molecular formula is C59H73N9O18. The van der Waals surface area contributed by atoms with Gasteiger partial charge in [-0.05, 0) is 73.5 Å². The number of amides is 7. The van der Waals surface area contributed by atoms with E-state index in [1.54, 1.807) is 63.2 Å². The Hall–Kier alpha value is -8.34. The van der Waals surface area contributed by atoms with Gasteiger partial charge in [0.1, 0.15) is 25.3 Å². The van der Waals surface area contributed by atoms with Gasteiger partial charge in [-0.2, -0.15) is 0 Å². The minimum absolute atomic E-state index is 0.00163. The highest BCUT2D eigenvalue weighted by atomic mass is 16.7. The van der Waals surface area contributed by atoms with E-state index >= 15 is 0 Å². The first-order chi connectivity index (χ1) is 41.5. The van der Waals surface area contributed by atoms with Crippen molar-refractivity contribution in [3.05, 3.63) is 92.8 Å². The number of nitrogens with one attached hydrogen (secondary N) is 5. The van der Waals surface area contributed by atoms with Crippen LogP contribution >= 0.6 is 0 Å². The number of nitrogens with zero attached hydrogens (tertiary/aromatic N) is 3. The number of esters is 1. The van der Waals surface area contributed by atoms with Crippen LogP contribution in [0, 0.1) is 5.92 Å². The Balaban J connectivity index is 0.741. The lowest BCUT2D eigenvalue weighted by atomic mass is 9.86. The van der Waals surface area contributed by atoms with Gasteiger partial charge in [0.15, 0.2) is 17.1 Å². The molecule has 6 heterocycles. The van der Waals surface area contributed by atoms with E-state index in [9.17, 15) is 48.3 Å². The summed E-state index contributed by atoms with van der Waals surface area (Å²) in [5.41, 5.74) is 7.26. The van der Waals surface area contributed by atoms with Gasteiger partial charge in [0, 0.05) is 72.9 Å². The van der Waals surface area contributed by atoms with Crippen LogP contribution in [0.15, 0.2) is 59.4 Å². The normalized spacial score (nSPS) is 16.1. The first kappa shape index (κ1) is 63.7. The van der Waals surface area contributed by atoms with Gasteiger partial charge in [-0.15, -0.1) is 0 Å². The average Bonchev–Trinajstić information content (AvgIpc) is 1.62. The second-order valence-corrected chi connectivity index (χ2v) is 21.0. The van der Waals surface area contributed by atoms with Crippen molar-refractivity contribution in [3.8, 4) is 22.9 Å². The SMILES string of the molecule is CC[C@@]1(O)C(=O)OCc2c1cc1n(c2=O)Cc2c-1nc1cc3c(cc1c2CNC(=O)OCc1ccc(NC(=O)[C@H](CCCCN)NC(=O)[C@@H](NC(=O)CCOCCOCCOCCOCCNC(=O)CCN2C(=O)C=CC2=O)C(C)C)cc1)OCO3. The lowest BCUT2D eigenvalue weighted by Crippen LogP contribution is -2.54. The van der Waals surface area contributed by atoms with Crippen molar-refractivity contribution in [1.82, 2.24) is 35.7 Å². The number of carbonyl (C=O) groups excluding carboxylic acids is 8. The fourth-order valence-electron chi connectivity index (χ4n) is 9.97. The van der Waals surface area contributed by atoms with E-state index in [4.69, 9.17) is 48.6 Å².